The van der Waals surface area contributed by atoms with Crippen LogP contribution in [0.1, 0.15) is 26.3 Å². The topological polar surface area (TPSA) is 41.6 Å². The van der Waals surface area contributed by atoms with Gasteiger partial charge >= 0.3 is 0 Å². The molecule has 21 heavy (non-hydrogen) atoms. The van der Waals surface area contributed by atoms with Crippen LogP contribution in [0.15, 0.2) is 36.9 Å². The molecule has 0 N–H and O–H groups in total. The van der Waals surface area contributed by atoms with Crippen molar-refractivity contribution in [3.63, 3.8) is 0 Å². The number of halogens is 2. The van der Waals surface area contributed by atoms with Crippen LogP contribution in [0.4, 0.5) is 8.78 Å². The predicted octanol–water partition coefficient (Wildman–Crippen LogP) is 3.67. The number of hydrogen-bond acceptors (Lipinski definition) is 2. The maximum absolute atomic E-state index is 14.3. The molecule has 2 rings (SSSR count). The largest absolute Gasteiger partial charge is 0.336 e. The quantitative estimate of drug-likeness (QED) is 0.865. The average Bonchev–Trinajstić information content (AvgIpc) is 2.91. The molecule has 0 spiro atoms. The van der Waals surface area contributed by atoms with Gasteiger partial charge in [-0.3, -0.25) is 0 Å². The fraction of sp³-hybridized carbons (Fsp3) is 0.375. The number of aromatic nitrogens is 2. The highest BCUT2D eigenvalue weighted by Crippen LogP contribution is 2.43. The smallest absolute Gasteiger partial charge is 0.163 e. The van der Waals surface area contributed by atoms with Gasteiger partial charge < -0.3 is 4.57 Å². The summed E-state index contributed by atoms with van der Waals surface area (Å²) in [7, 11) is 0. The molecule has 0 amide bonds. The maximum Gasteiger partial charge on any atom is 0.163 e. The molecular formula is C16H17F2N3. The van der Waals surface area contributed by atoms with E-state index in [2.05, 4.69) is 11.1 Å². The van der Waals surface area contributed by atoms with Crippen molar-refractivity contribution in [1.29, 1.82) is 5.26 Å². The van der Waals surface area contributed by atoms with E-state index in [1.54, 1.807) is 23.3 Å². The summed E-state index contributed by atoms with van der Waals surface area (Å²) in [5.74, 6) is -1.91. The van der Waals surface area contributed by atoms with Crippen molar-refractivity contribution in [2.75, 3.05) is 0 Å². The molecule has 1 aromatic heterocycles. The lowest BCUT2D eigenvalue weighted by Crippen LogP contribution is -2.43. The van der Waals surface area contributed by atoms with Gasteiger partial charge in [0.1, 0.15) is 5.41 Å². The van der Waals surface area contributed by atoms with E-state index in [1.165, 1.54) is 12.1 Å². The monoisotopic (exact) mass is 289 g/mol. The molecule has 0 saturated carbocycles. The molecule has 1 unspecified atom stereocenters. The number of nitrogens with zero attached hydrogens (tertiary/aromatic N) is 3. The molecule has 0 aliphatic heterocycles. The fourth-order valence-corrected chi connectivity index (χ4v) is 2.48. The minimum Gasteiger partial charge on any atom is -0.336 e. The second kappa shape index (κ2) is 5.28. The summed E-state index contributed by atoms with van der Waals surface area (Å²) in [6.07, 6.45) is 4.86. The van der Waals surface area contributed by atoms with E-state index in [4.69, 9.17) is 0 Å². The van der Waals surface area contributed by atoms with Crippen LogP contribution < -0.4 is 0 Å². The number of benzene rings is 1. The van der Waals surface area contributed by atoms with Crippen LogP contribution in [-0.2, 0) is 12.0 Å². The zero-order valence-corrected chi connectivity index (χ0v) is 12.3. The van der Waals surface area contributed by atoms with Crippen LogP contribution in [0.2, 0.25) is 0 Å². The van der Waals surface area contributed by atoms with E-state index in [0.29, 0.717) is 0 Å². The first-order valence-corrected chi connectivity index (χ1v) is 6.63. The first-order chi connectivity index (χ1) is 9.82. The van der Waals surface area contributed by atoms with Gasteiger partial charge in [0.2, 0.25) is 0 Å². The van der Waals surface area contributed by atoms with Crippen molar-refractivity contribution in [3.8, 4) is 6.07 Å². The zero-order chi connectivity index (χ0) is 15.7. The van der Waals surface area contributed by atoms with E-state index in [1.807, 2.05) is 20.8 Å². The van der Waals surface area contributed by atoms with Gasteiger partial charge in [-0.1, -0.05) is 32.9 Å². The van der Waals surface area contributed by atoms with Crippen LogP contribution in [0, 0.1) is 28.4 Å². The minimum atomic E-state index is -1.21. The fourth-order valence-electron chi connectivity index (χ4n) is 2.48. The molecule has 0 fully saturated rings. The number of imidazole rings is 1. The Labute approximate surface area is 122 Å². The third-order valence-corrected chi connectivity index (χ3v) is 3.86. The van der Waals surface area contributed by atoms with Crippen molar-refractivity contribution in [3.05, 3.63) is 54.1 Å². The summed E-state index contributed by atoms with van der Waals surface area (Å²) in [6, 6.07) is 6.19. The summed E-state index contributed by atoms with van der Waals surface area (Å²) in [5.41, 5.74) is -1.73. The molecule has 1 heterocycles. The van der Waals surface area contributed by atoms with Crippen molar-refractivity contribution >= 4 is 0 Å². The standard InChI is InChI=1S/C16H17F2N3/c1-15(2,3)16(9-19,10-21-8-7-20-11-21)12-5-4-6-13(17)14(12)18/h4-8,11H,10H2,1-3H3. The van der Waals surface area contributed by atoms with Crippen molar-refractivity contribution < 1.29 is 8.78 Å². The second-order valence-electron chi connectivity index (χ2n) is 6.10. The lowest BCUT2D eigenvalue weighted by Gasteiger charge is -2.40. The third kappa shape index (κ3) is 2.54. The molecule has 0 radical (unpaired) electrons. The van der Waals surface area contributed by atoms with Gasteiger partial charge in [0.25, 0.3) is 0 Å². The van der Waals surface area contributed by atoms with E-state index in [0.717, 1.165) is 6.07 Å². The van der Waals surface area contributed by atoms with Crippen LogP contribution in [-0.4, -0.2) is 9.55 Å². The highest BCUT2D eigenvalue weighted by atomic mass is 19.2. The summed E-state index contributed by atoms with van der Waals surface area (Å²) in [4.78, 5) is 3.94. The van der Waals surface area contributed by atoms with Gasteiger partial charge in [0.05, 0.1) is 12.4 Å². The molecule has 0 saturated heterocycles. The number of rotatable bonds is 3. The summed E-state index contributed by atoms with van der Waals surface area (Å²) < 4.78 is 29.6. The van der Waals surface area contributed by atoms with Gasteiger partial charge in [0.15, 0.2) is 11.6 Å². The van der Waals surface area contributed by atoms with Crippen molar-refractivity contribution in [2.24, 2.45) is 5.41 Å². The Balaban J connectivity index is 2.66. The highest BCUT2D eigenvalue weighted by Gasteiger charge is 2.46. The van der Waals surface area contributed by atoms with Gasteiger partial charge in [-0.25, -0.2) is 13.8 Å². The van der Waals surface area contributed by atoms with Gasteiger partial charge in [-0.05, 0) is 11.5 Å². The van der Waals surface area contributed by atoms with E-state index >= 15 is 0 Å². The zero-order valence-electron chi connectivity index (χ0n) is 12.3. The highest BCUT2D eigenvalue weighted by molar-refractivity contribution is 5.37. The Kier molecular flexibility index (Phi) is 3.82. The first-order valence-electron chi connectivity index (χ1n) is 6.63. The molecular weight excluding hydrogens is 272 g/mol. The SMILES string of the molecule is CC(C)(C)C(C#N)(Cn1ccnc1)c1cccc(F)c1F. The maximum atomic E-state index is 14.3. The van der Waals surface area contributed by atoms with Gasteiger partial charge in [-0.15, -0.1) is 0 Å². The Bertz CT molecular complexity index is 666. The molecule has 1 aromatic carbocycles. The lowest BCUT2D eigenvalue weighted by atomic mass is 9.63. The Hall–Kier alpha value is -2.22. The number of nitriles is 1. The molecule has 0 bridgehead atoms. The molecule has 0 aliphatic rings. The minimum absolute atomic E-state index is 0.0752. The molecule has 3 nitrogen and oxygen atoms in total. The first kappa shape index (κ1) is 15.2. The van der Waals surface area contributed by atoms with Crippen molar-refractivity contribution in [2.45, 2.75) is 32.7 Å². The van der Waals surface area contributed by atoms with Gasteiger partial charge in [0, 0.05) is 24.5 Å². The Morgan fingerprint density at radius 2 is 2.00 bits per heavy atom. The average molecular weight is 289 g/mol. The Morgan fingerprint density at radius 3 is 2.52 bits per heavy atom. The van der Waals surface area contributed by atoms with E-state index < -0.39 is 22.5 Å². The summed E-state index contributed by atoms with van der Waals surface area (Å²) in [5, 5.41) is 9.81. The normalized spacial score (nSPS) is 14.5. The van der Waals surface area contributed by atoms with Crippen LogP contribution >= 0.6 is 0 Å². The molecule has 0 aliphatic carbocycles. The molecule has 110 valence electrons. The lowest BCUT2D eigenvalue weighted by molar-refractivity contribution is 0.208. The van der Waals surface area contributed by atoms with Crippen molar-refractivity contribution in [1.82, 2.24) is 9.55 Å². The third-order valence-electron chi connectivity index (χ3n) is 3.86. The van der Waals surface area contributed by atoms with Crippen LogP contribution in [0.5, 0.6) is 0 Å². The molecule has 1 atom stereocenters. The Morgan fingerprint density at radius 1 is 1.29 bits per heavy atom. The van der Waals surface area contributed by atoms with E-state index in [9.17, 15) is 14.0 Å². The van der Waals surface area contributed by atoms with Crippen LogP contribution in [0.3, 0.4) is 0 Å². The molecule has 2 aromatic rings. The molecule has 5 heteroatoms. The van der Waals surface area contributed by atoms with Crippen LogP contribution in [0.25, 0.3) is 0 Å². The van der Waals surface area contributed by atoms with Gasteiger partial charge in [-0.2, -0.15) is 5.26 Å². The second-order valence-corrected chi connectivity index (χ2v) is 6.10. The predicted molar refractivity (Wildman–Crippen MR) is 75.3 cm³/mol. The number of hydrogen-bond donors (Lipinski definition) is 0. The summed E-state index contributed by atoms with van der Waals surface area (Å²) in [6.45, 7) is 5.74. The van der Waals surface area contributed by atoms with E-state index in [-0.39, 0.29) is 12.1 Å². The summed E-state index contributed by atoms with van der Waals surface area (Å²) >= 11 is 0.